The third-order valence-electron chi connectivity index (χ3n) is 3.36. The van der Waals surface area contributed by atoms with E-state index in [1.165, 1.54) is 0 Å². The van der Waals surface area contributed by atoms with Crippen LogP contribution in [-0.4, -0.2) is 25.7 Å². The Kier molecular flexibility index (Phi) is 6.72. The molecule has 0 saturated carbocycles. The highest BCUT2D eigenvalue weighted by atomic mass is 16.2. The summed E-state index contributed by atoms with van der Waals surface area (Å²) in [5.74, 6) is 0.0258. The van der Waals surface area contributed by atoms with Crippen LogP contribution in [0.3, 0.4) is 0 Å². The predicted molar refractivity (Wildman–Crippen MR) is 85.4 cm³/mol. The average molecular weight is 291 g/mol. The Balaban J connectivity index is 3.11. The van der Waals surface area contributed by atoms with Gasteiger partial charge in [-0.2, -0.15) is 0 Å². The minimum atomic E-state index is -0.295. The van der Waals surface area contributed by atoms with E-state index in [1.54, 1.807) is 11.9 Å². The van der Waals surface area contributed by atoms with Gasteiger partial charge >= 0.3 is 6.03 Å². The minimum Gasteiger partial charge on any atom is -0.341 e. The van der Waals surface area contributed by atoms with Gasteiger partial charge < -0.3 is 10.6 Å². The van der Waals surface area contributed by atoms with Gasteiger partial charge in [0.05, 0.1) is 12.4 Å². The SMILES string of the molecule is CCCC(=O)N(CNC(=O)NC)c1c(C)cccc1CC. The van der Waals surface area contributed by atoms with Gasteiger partial charge in [-0.3, -0.25) is 9.69 Å². The molecule has 5 heteroatoms. The molecule has 0 atom stereocenters. The first kappa shape index (κ1) is 17.0. The van der Waals surface area contributed by atoms with Gasteiger partial charge in [0.15, 0.2) is 0 Å². The second kappa shape index (κ2) is 8.29. The summed E-state index contributed by atoms with van der Waals surface area (Å²) >= 11 is 0. The summed E-state index contributed by atoms with van der Waals surface area (Å²) in [6, 6.07) is 5.71. The Morgan fingerprint density at radius 2 is 1.95 bits per heavy atom. The minimum absolute atomic E-state index is 0.0258. The zero-order valence-corrected chi connectivity index (χ0v) is 13.3. The largest absolute Gasteiger partial charge is 0.341 e. The molecule has 1 rings (SSSR count). The monoisotopic (exact) mass is 291 g/mol. The van der Waals surface area contributed by atoms with E-state index >= 15 is 0 Å². The van der Waals surface area contributed by atoms with Crippen molar-refractivity contribution in [3.63, 3.8) is 0 Å². The molecule has 0 aromatic heterocycles. The lowest BCUT2D eigenvalue weighted by Gasteiger charge is -2.27. The number of rotatable bonds is 6. The predicted octanol–water partition coefficient (Wildman–Crippen LogP) is 2.58. The first-order chi connectivity index (χ1) is 10.0. The number of amides is 3. The van der Waals surface area contributed by atoms with Crippen LogP contribution in [0.4, 0.5) is 10.5 Å². The molecule has 0 spiro atoms. The van der Waals surface area contributed by atoms with Gasteiger partial charge in [-0.15, -0.1) is 0 Å². The zero-order chi connectivity index (χ0) is 15.8. The molecule has 0 aliphatic carbocycles. The quantitative estimate of drug-likeness (QED) is 0.791. The third-order valence-corrected chi connectivity index (χ3v) is 3.36. The molecule has 21 heavy (non-hydrogen) atoms. The van der Waals surface area contributed by atoms with E-state index in [4.69, 9.17) is 0 Å². The van der Waals surface area contributed by atoms with Crippen LogP contribution in [-0.2, 0) is 11.2 Å². The molecule has 0 fully saturated rings. The van der Waals surface area contributed by atoms with Gasteiger partial charge in [-0.1, -0.05) is 32.0 Å². The van der Waals surface area contributed by atoms with E-state index in [-0.39, 0.29) is 18.6 Å². The number of nitrogens with zero attached hydrogens (tertiary/aromatic N) is 1. The molecular formula is C16H25N3O2. The maximum Gasteiger partial charge on any atom is 0.315 e. The Morgan fingerprint density at radius 1 is 1.24 bits per heavy atom. The standard InChI is InChI=1S/C16H25N3O2/c1-5-8-14(20)19(11-18-16(21)17-4)15-12(3)9-7-10-13(15)6-2/h7,9-10H,5-6,8,11H2,1-4H3,(H2,17,18,21). The smallest absolute Gasteiger partial charge is 0.315 e. The average Bonchev–Trinajstić information content (AvgIpc) is 2.48. The van der Waals surface area contributed by atoms with Gasteiger partial charge in [0.25, 0.3) is 0 Å². The van der Waals surface area contributed by atoms with Crippen molar-refractivity contribution in [2.75, 3.05) is 18.6 Å². The van der Waals surface area contributed by atoms with E-state index in [0.717, 1.165) is 29.7 Å². The molecular weight excluding hydrogens is 266 g/mol. The van der Waals surface area contributed by atoms with Crippen LogP contribution in [0.1, 0.15) is 37.8 Å². The van der Waals surface area contributed by atoms with Gasteiger partial charge in [-0.05, 0) is 30.9 Å². The highest BCUT2D eigenvalue weighted by Crippen LogP contribution is 2.26. The van der Waals surface area contributed by atoms with Gasteiger partial charge in [-0.25, -0.2) is 4.79 Å². The summed E-state index contributed by atoms with van der Waals surface area (Å²) in [5.41, 5.74) is 3.06. The molecule has 5 nitrogen and oxygen atoms in total. The molecule has 0 unspecified atom stereocenters. The molecule has 0 heterocycles. The van der Waals surface area contributed by atoms with E-state index < -0.39 is 0 Å². The van der Waals surface area contributed by atoms with Crippen molar-refractivity contribution < 1.29 is 9.59 Å². The molecule has 0 radical (unpaired) electrons. The van der Waals surface area contributed by atoms with Gasteiger partial charge in [0, 0.05) is 13.5 Å². The summed E-state index contributed by atoms with van der Waals surface area (Å²) < 4.78 is 0. The normalized spacial score (nSPS) is 10.1. The number of carbonyl (C=O) groups excluding carboxylic acids is 2. The van der Waals surface area contributed by atoms with Crippen molar-refractivity contribution in [2.45, 2.75) is 40.0 Å². The van der Waals surface area contributed by atoms with Crippen LogP contribution in [0.25, 0.3) is 0 Å². The maximum absolute atomic E-state index is 12.4. The first-order valence-electron chi connectivity index (χ1n) is 7.39. The van der Waals surface area contributed by atoms with Crippen LogP contribution >= 0.6 is 0 Å². The third kappa shape index (κ3) is 4.48. The van der Waals surface area contributed by atoms with Crippen LogP contribution in [0.15, 0.2) is 18.2 Å². The lowest BCUT2D eigenvalue weighted by atomic mass is 10.0. The van der Waals surface area contributed by atoms with Crippen LogP contribution in [0.2, 0.25) is 0 Å². The number of urea groups is 1. The lowest BCUT2D eigenvalue weighted by molar-refractivity contribution is -0.118. The van der Waals surface area contributed by atoms with E-state index in [9.17, 15) is 9.59 Å². The molecule has 3 amide bonds. The molecule has 0 aliphatic heterocycles. The first-order valence-corrected chi connectivity index (χ1v) is 7.39. The highest BCUT2D eigenvalue weighted by Gasteiger charge is 2.19. The van der Waals surface area contributed by atoms with Crippen molar-refractivity contribution in [3.05, 3.63) is 29.3 Å². The number of nitrogens with one attached hydrogen (secondary N) is 2. The number of para-hydroxylation sites is 1. The number of carbonyl (C=O) groups is 2. The van der Waals surface area contributed by atoms with Gasteiger partial charge in [0.1, 0.15) is 0 Å². The fraction of sp³-hybridized carbons (Fsp3) is 0.500. The van der Waals surface area contributed by atoms with Crippen molar-refractivity contribution >= 4 is 17.6 Å². The topological polar surface area (TPSA) is 61.4 Å². The Bertz CT molecular complexity index is 500. The number of hydrogen-bond donors (Lipinski definition) is 2. The summed E-state index contributed by atoms with van der Waals surface area (Å²) in [5, 5.41) is 5.20. The number of hydrogen-bond acceptors (Lipinski definition) is 2. The molecule has 0 bridgehead atoms. The fourth-order valence-corrected chi connectivity index (χ4v) is 2.27. The lowest BCUT2D eigenvalue weighted by Crippen LogP contribution is -2.45. The fourth-order valence-electron chi connectivity index (χ4n) is 2.27. The molecule has 1 aromatic rings. The Morgan fingerprint density at radius 3 is 2.52 bits per heavy atom. The second-order valence-electron chi connectivity index (χ2n) is 4.92. The van der Waals surface area contributed by atoms with Crippen molar-refractivity contribution in [2.24, 2.45) is 0 Å². The van der Waals surface area contributed by atoms with E-state index in [1.807, 2.05) is 32.0 Å². The molecule has 1 aromatic carbocycles. The molecule has 116 valence electrons. The van der Waals surface area contributed by atoms with Crippen LogP contribution < -0.4 is 15.5 Å². The summed E-state index contributed by atoms with van der Waals surface area (Å²) in [6.07, 6.45) is 2.09. The van der Waals surface area contributed by atoms with Crippen LogP contribution in [0, 0.1) is 6.92 Å². The number of aryl methyl sites for hydroxylation is 2. The number of anilines is 1. The van der Waals surface area contributed by atoms with Crippen molar-refractivity contribution in [1.82, 2.24) is 10.6 Å². The molecule has 0 aliphatic rings. The second-order valence-corrected chi connectivity index (χ2v) is 4.92. The summed E-state index contributed by atoms with van der Waals surface area (Å²) in [4.78, 5) is 25.5. The highest BCUT2D eigenvalue weighted by molar-refractivity contribution is 5.95. The van der Waals surface area contributed by atoms with E-state index in [2.05, 4.69) is 17.6 Å². The molecule has 0 saturated heterocycles. The van der Waals surface area contributed by atoms with Crippen molar-refractivity contribution in [1.29, 1.82) is 0 Å². The summed E-state index contributed by atoms with van der Waals surface area (Å²) in [6.45, 7) is 6.20. The van der Waals surface area contributed by atoms with Crippen molar-refractivity contribution in [3.8, 4) is 0 Å². The Labute approximate surface area is 126 Å². The van der Waals surface area contributed by atoms with Gasteiger partial charge in [0.2, 0.25) is 5.91 Å². The van der Waals surface area contributed by atoms with E-state index in [0.29, 0.717) is 6.42 Å². The Hall–Kier alpha value is -2.04. The number of benzene rings is 1. The zero-order valence-electron chi connectivity index (χ0n) is 13.3. The van der Waals surface area contributed by atoms with Crippen LogP contribution in [0.5, 0.6) is 0 Å². The molecule has 2 N–H and O–H groups in total. The summed E-state index contributed by atoms with van der Waals surface area (Å²) in [7, 11) is 1.55. The maximum atomic E-state index is 12.4.